The molecule has 120 valence electrons. The second kappa shape index (κ2) is 7.13. The third-order valence-corrected chi connectivity index (χ3v) is 4.16. The monoisotopic (exact) mass is 311 g/mol. The summed E-state index contributed by atoms with van der Waals surface area (Å²) in [5, 5.41) is 3.52. The number of nitrogens with one attached hydrogen (secondary N) is 1. The summed E-state index contributed by atoms with van der Waals surface area (Å²) in [6, 6.07) is 11.9. The van der Waals surface area contributed by atoms with Crippen LogP contribution in [0.15, 0.2) is 48.8 Å². The Balaban J connectivity index is 1.57. The van der Waals surface area contributed by atoms with Gasteiger partial charge in [-0.1, -0.05) is 12.1 Å². The van der Waals surface area contributed by atoms with Gasteiger partial charge in [0.25, 0.3) is 5.91 Å². The first kappa shape index (κ1) is 15.3. The van der Waals surface area contributed by atoms with Crippen molar-refractivity contribution in [2.45, 2.75) is 18.9 Å². The van der Waals surface area contributed by atoms with Crippen LogP contribution < -0.4 is 10.1 Å². The fourth-order valence-electron chi connectivity index (χ4n) is 2.88. The summed E-state index contributed by atoms with van der Waals surface area (Å²) in [4.78, 5) is 18.3. The zero-order valence-electron chi connectivity index (χ0n) is 13.2. The van der Waals surface area contributed by atoms with E-state index in [4.69, 9.17) is 4.74 Å². The summed E-state index contributed by atoms with van der Waals surface area (Å²) in [5.74, 6) is 0.912. The van der Waals surface area contributed by atoms with E-state index in [0.717, 1.165) is 37.4 Å². The van der Waals surface area contributed by atoms with Crippen LogP contribution in [0.3, 0.4) is 0 Å². The van der Waals surface area contributed by atoms with Gasteiger partial charge in [-0.3, -0.25) is 9.78 Å². The molecular weight excluding hydrogens is 290 g/mol. The van der Waals surface area contributed by atoms with Crippen LogP contribution in [0.1, 0.15) is 23.2 Å². The first-order valence-electron chi connectivity index (χ1n) is 7.87. The minimum Gasteiger partial charge on any atom is -0.495 e. The van der Waals surface area contributed by atoms with Gasteiger partial charge in [-0.2, -0.15) is 0 Å². The molecule has 3 rings (SSSR count). The lowest BCUT2D eigenvalue weighted by molar-refractivity contribution is 0.0718. The smallest absolute Gasteiger partial charge is 0.255 e. The lowest BCUT2D eigenvalue weighted by Crippen LogP contribution is -2.42. The summed E-state index contributed by atoms with van der Waals surface area (Å²) < 4.78 is 5.37. The third kappa shape index (κ3) is 3.62. The van der Waals surface area contributed by atoms with Gasteiger partial charge in [0.15, 0.2) is 0 Å². The number of likely N-dealkylation sites (tertiary alicyclic amines) is 1. The molecule has 5 heteroatoms. The number of amides is 1. The van der Waals surface area contributed by atoms with Gasteiger partial charge >= 0.3 is 0 Å². The first-order chi connectivity index (χ1) is 11.3. The number of para-hydroxylation sites is 2. The van der Waals surface area contributed by atoms with Gasteiger partial charge < -0.3 is 15.0 Å². The zero-order valence-corrected chi connectivity index (χ0v) is 13.2. The van der Waals surface area contributed by atoms with Crippen LogP contribution in [0, 0.1) is 0 Å². The molecule has 1 amide bonds. The summed E-state index contributed by atoms with van der Waals surface area (Å²) in [6.07, 6.45) is 5.15. The van der Waals surface area contributed by atoms with E-state index in [0.29, 0.717) is 11.6 Å². The molecule has 0 unspecified atom stereocenters. The van der Waals surface area contributed by atoms with Crippen molar-refractivity contribution in [3.63, 3.8) is 0 Å². The van der Waals surface area contributed by atoms with Crippen LogP contribution in [0.2, 0.25) is 0 Å². The Morgan fingerprint density at radius 1 is 1.22 bits per heavy atom. The highest BCUT2D eigenvalue weighted by molar-refractivity contribution is 5.93. The highest BCUT2D eigenvalue weighted by Gasteiger charge is 2.24. The number of hydrogen-bond acceptors (Lipinski definition) is 4. The molecule has 1 aromatic carbocycles. The number of nitrogens with zero attached hydrogens (tertiary/aromatic N) is 2. The van der Waals surface area contributed by atoms with Crippen molar-refractivity contribution in [3.8, 4) is 5.75 Å². The Hall–Kier alpha value is -2.56. The molecule has 0 bridgehead atoms. The number of piperidine rings is 1. The van der Waals surface area contributed by atoms with E-state index in [1.165, 1.54) is 0 Å². The highest BCUT2D eigenvalue weighted by Crippen LogP contribution is 2.26. The number of aromatic nitrogens is 1. The van der Waals surface area contributed by atoms with Crippen molar-refractivity contribution in [3.05, 3.63) is 54.4 Å². The molecule has 5 nitrogen and oxygen atoms in total. The van der Waals surface area contributed by atoms with Crippen LogP contribution in [0.5, 0.6) is 5.75 Å². The maximum Gasteiger partial charge on any atom is 0.255 e. The molecule has 23 heavy (non-hydrogen) atoms. The van der Waals surface area contributed by atoms with Gasteiger partial charge in [-0.05, 0) is 37.1 Å². The van der Waals surface area contributed by atoms with E-state index < -0.39 is 0 Å². The number of hydrogen-bond donors (Lipinski definition) is 1. The molecule has 0 radical (unpaired) electrons. The summed E-state index contributed by atoms with van der Waals surface area (Å²) in [5.41, 5.74) is 1.66. The minimum absolute atomic E-state index is 0.0637. The Labute approximate surface area is 136 Å². The average Bonchev–Trinajstić information content (AvgIpc) is 2.63. The fourth-order valence-corrected chi connectivity index (χ4v) is 2.88. The lowest BCUT2D eigenvalue weighted by atomic mass is 10.0. The van der Waals surface area contributed by atoms with Gasteiger partial charge in [-0.25, -0.2) is 0 Å². The van der Waals surface area contributed by atoms with Crippen molar-refractivity contribution in [1.29, 1.82) is 0 Å². The SMILES string of the molecule is COc1ccccc1NC1CCN(C(=O)c2cccnc2)CC1. The molecule has 0 spiro atoms. The Bertz CT molecular complexity index is 652. The number of ether oxygens (including phenoxy) is 1. The van der Waals surface area contributed by atoms with Crippen molar-refractivity contribution in [2.24, 2.45) is 0 Å². The molecule has 0 atom stereocenters. The summed E-state index contributed by atoms with van der Waals surface area (Å²) in [6.45, 7) is 1.50. The Kier molecular flexibility index (Phi) is 4.76. The Morgan fingerprint density at radius 2 is 2.00 bits per heavy atom. The van der Waals surface area contributed by atoms with Crippen LogP contribution in [-0.4, -0.2) is 42.0 Å². The number of benzene rings is 1. The largest absolute Gasteiger partial charge is 0.495 e. The van der Waals surface area contributed by atoms with Gasteiger partial charge in [0.2, 0.25) is 0 Å². The van der Waals surface area contributed by atoms with E-state index in [1.54, 1.807) is 25.6 Å². The normalized spacial score (nSPS) is 15.3. The number of methoxy groups -OCH3 is 1. The molecule has 1 N–H and O–H groups in total. The molecule has 1 saturated heterocycles. The van der Waals surface area contributed by atoms with Crippen molar-refractivity contribution in [2.75, 3.05) is 25.5 Å². The van der Waals surface area contributed by atoms with Crippen molar-refractivity contribution in [1.82, 2.24) is 9.88 Å². The number of carbonyl (C=O) groups is 1. The minimum atomic E-state index is 0.0637. The van der Waals surface area contributed by atoms with Crippen LogP contribution in [-0.2, 0) is 0 Å². The second-order valence-electron chi connectivity index (χ2n) is 5.65. The van der Waals surface area contributed by atoms with E-state index in [2.05, 4.69) is 10.3 Å². The number of carbonyl (C=O) groups excluding carboxylic acids is 1. The molecule has 2 heterocycles. The summed E-state index contributed by atoms with van der Waals surface area (Å²) in [7, 11) is 1.68. The topological polar surface area (TPSA) is 54.5 Å². The molecule has 1 aliphatic rings. The second-order valence-corrected chi connectivity index (χ2v) is 5.65. The number of rotatable bonds is 4. The molecule has 1 aliphatic heterocycles. The predicted molar refractivity (Wildman–Crippen MR) is 89.8 cm³/mol. The maximum absolute atomic E-state index is 12.4. The first-order valence-corrected chi connectivity index (χ1v) is 7.87. The van der Waals surface area contributed by atoms with E-state index in [-0.39, 0.29) is 5.91 Å². The molecule has 1 fully saturated rings. The van der Waals surface area contributed by atoms with Gasteiger partial charge in [0.05, 0.1) is 18.4 Å². The Morgan fingerprint density at radius 3 is 2.70 bits per heavy atom. The van der Waals surface area contributed by atoms with Crippen LogP contribution in [0.4, 0.5) is 5.69 Å². The van der Waals surface area contributed by atoms with Gasteiger partial charge in [0, 0.05) is 31.5 Å². The van der Waals surface area contributed by atoms with Crippen LogP contribution >= 0.6 is 0 Å². The number of pyridine rings is 1. The molecule has 0 saturated carbocycles. The zero-order chi connectivity index (χ0) is 16.1. The lowest BCUT2D eigenvalue weighted by Gasteiger charge is -2.33. The standard InChI is InChI=1S/C18H21N3O2/c1-23-17-7-3-2-6-16(17)20-15-8-11-21(12-9-15)18(22)14-5-4-10-19-13-14/h2-7,10,13,15,20H,8-9,11-12H2,1H3. The highest BCUT2D eigenvalue weighted by atomic mass is 16.5. The molecule has 1 aromatic heterocycles. The maximum atomic E-state index is 12.4. The van der Waals surface area contributed by atoms with E-state index in [9.17, 15) is 4.79 Å². The van der Waals surface area contributed by atoms with Crippen molar-refractivity contribution >= 4 is 11.6 Å². The number of anilines is 1. The average molecular weight is 311 g/mol. The quantitative estimate of drug-likeness (QED) is 0.943. The van der Waals surface area contributed by atoms with Crippen LogP contribution in [0.25, 0.3) is 0 Å². The molecule has 0 aliphatic carbocycles. The molecular formula is C18H21N3O2. The van der Waals surface area contributed by atoms with E-state index >= 15 is 0 Å². The van der Waals surface area contributed by atoms with Gasteiger partial charge in [-0.15, -0.1) is 0 Å². The summed E-state index contributed by atoms with van der Waals surface area (Å²) >= 11 is 0. The van der Waals surface area contributed by atoms with Crippen molar-refractivity contribution < 1.29 is 9.53 Å². The molecule has 2 aromatic rings. The van der Waals surface area contributed by atoms with Gasteiger partial charge in [0.1, 0.15) is 5.75 Å². The third-order valence-electron chi connectivity index (χ3n) is 4.16. The predicted octanol–water partition coefficient (Wildman–Crippen LogP) is 2.81. The van der Waals surface area contributed by atoms with E-state index in [1.807, 2.05) is 35.2 Å². The fraction of sp³-hybridized carbons (Fsp3) is 0.333.